The molecule has 1 unspecified atom stereocenters. The van der Waals surface area contributed by atoms with Gasteiger partial charge >= 0.3 is 0 Å². The average Bonchev–Trinajstić information content (AvgIpc) is 2.58. The second-order valence-electron chi connectivity index (χ2n) is 5.37. The standard InChI is InChI=1S/C13H22ClN3O2/c1-16(2)6-7-17-12(11(14)10-15-17)13(18)4-3-8-19-9-5-13/h10,18H,3-9H2,1-2H3. The smallest absolute Gasteiger partial charge is 0.110 e. The summed E-state index contributed by atoms with van der Waals surface area (Å²) in [6, 6.07) is 0. The molecule has 1 aliphatic heterocycles. The number of hydrogen-bond donors (Lipinski definition) is 1. The molecule has 1 fully saturated rings. The van der Waals surface area contributed by atoms with Gasteiger partial charge in [-0.2, -0.15) is 5.10 Å². The van der Waals surface area contributed by atoms with Crippen molar-refractivity contribution in [3.63, 3.8) is 0 Å². The Morgan fingerprint density at radius 3 is 3.00 bits per heavy atom. The van der Waals surface area contributed by atoms with Crippen LogP contribution in [-0.4, -0.2) is 53.6 Å². The van der Waals surface area contributed by atoms with Crippen LogP contribution in [0.5, 0.6) is 0 Å². The summed E-state index contributed by atoms with van der Waals surface area (Å²) >= 11 is 6.24. The highest BCUT2D eigenvalue weighted by molar-refractivity contribution is 6.31. The molecular formula is C13H22ClN3O2. The molecule has 1 aromatic rings. The fourth-order valence-electron chi connectivity index (χ4n) is 2.46. The van der Waals surface area contributed by atoms with E-state index in [1.165, 1.54) is 0 Å². The van der Waals surface area contributed by atoms with Gasteiger partial charge < -0.3 is 14.7 Å². The van der Waals surface area contributed by atoms with Crippen LogP contribution in [0.1, 0.15) is 25.0 Å². The number of likely N-dealkylation sites (N-methyl/N-ethyl adjacent to an activating group) is 1. The third-order valence-corrected chi connectivity index (χ3v) is 3.81. The van der Waals surface area contributed by atoms with Crippen molar-refractivity contribution in [1.82, 2.24) is 14.7 Å². The van der Waals surface area contributed by atoms with Crippen LogP contribution in [0.2, 0.25) is 5.02 Å². The molecule has 1 saturated heterocycles. The molecule has 0 amide bonds. The summed E-state index contributed by atoms with van der Waals surface area (Å²) in [6.07, 6.45) is 3.70. The van der Waals surface area contributed by atoms with Crippen LogP contribution in [0.4, 0.5) is 0 Å². The number of rotatable bonds is 4. The summed E-state index contributed by atoms with van der Waals surface area (Å²) in [6.45, 7) is 2.84. The van der Waals surface area contributed by atoms with E-state index in [0.717, 1.165) is 25.2 Å². The molecule has 1 aromatic heterocycles. The fraction of sp³-hybridized carbons (Fsp3) is 0.769. The molecule has 0 aliphatic carbocycles. The first-order valence-corrected chi connectivity index (χ1v) is 7.07. The van der Waals surface area contributed by atoms with Gasteiger partial charge in [0.2, 0.25) is 0 Å². The Kier molecular flexibility index (Phi) is 4.84. The van der Waals surface area contributed by atoms with Crippen LogP contribution in [0.15, 0.2) is 6.20 Å². The van der Waals surface area contributed by atoms with E-state index in [0.29, 0.717) is 31.1 Å². The highest BCUT2D eigenvalue weighted by Crippen LogP contribution is 2.36. The summed E-state index contributed by atoms with van der Waals surface area (Å²) in [4.78, 5) is 2.08. The molecule has 0 aromatic carbocycles. The Hall–Kier alpha value is -0.620. The van der Waals surface area contributed by atoms with Gasteiger partial charge in [-0.1, -0.05) is 11.6 Å². The maximum absolute atomic E-state index is 10.9. The quantitative estimate of drug-likeness (QED) is 0.911. The maximum Gasteiger partial charge on any atom is 0.110 e. The van der Waals surface area contributed by atoms with Gasteiger partial charge in [-0.3, -0.25) is 4.68 Å². The van der Waals surface area contributed by atoms with Crippen molar-refractivity contribution in [2.24, 2.45) is 0 Å². The zero-order valence-electron chi connectivity index (χ0n) is 11.6. The molecule has 1 N–H and O–H groups in total. The van der Waals surface area contributed by atoms with Crippen LogP contribution in [-0.2, 0) is 16.9 Å². The number of hydrogen-bond acceptors (Lipinski definition) is 4. The first-order chi connectivity index (χ1) is 9.03. The number of nitrogens with zero attached hydrogens (tertiary/aromatic N) is 3. The van der Waals surface area contributed by atoms with Gasteiger partial charge in [-0.15, -0.1) is 0 Å². The SMILES string of the molecule is CN(C)CCn1ncc(Cl)c1C1(O)CCCOCC1. The summed E-state index contributed by atoms with van der Waals surface area (Å²) in [5.41, 5.74) is -0.183. The van der Waals surface area contributed by atoms with Crippen molar-refractivity contribution in [2.75, 3.05) is 33.9 Å². The van der Waals surface area contributed by atoms with Crippen molar-refractivity contribution in [1.29, 1.82) is 0 Å². The molecule has 19 heavy (non-hydrogen) atoms. The highest BCUT2D eigenvalue weighted by atomic mass is 35.5. The topological polar surface area (TPSA) is 50.5 Å². The van der Waals surface area contributed by atoms with Gasteiger partial charge in [-0.25, -0.2) is 0 Å². The van der Waals surface area contributed by atoms with Crippen molar-refractivity contribution < 1.29 is 9.84 Å². The molecule has 1 atom stereocenters. The van der Waals surface area contributed by atoms with E-state index in [1.54, 1.807) is 6.20 Å². The number of halogens is 1. The minimum Gasteiger partial charge on any atom is -0.383 e. The summed E-state index contributed by atoms with van der Waals surface area (Å²) in [5.74, 6) is 0. The lowest BCUT2D eigenvalue weighted by molar-refractivity contribution is 0.00601. The summed E-state index contributed by atoms with van der Waals surface area (Å²) in [5, 5.41) is 15.7. The van der Waals surface area contributed by atoms with E-state index >= 15 is 0 Å². The van der Waals surface area contributed by atoms with E-state index in [9.17, 15) is 5.11 Å². The van der Waals surface area contributed by atoms with Crippen molar-refractivity contribution in [2.45, 2.75) is 31.4 Å². The van der Waals surface area contributed by atoms with Gasteiger partial charge in [0.1, 0.15) is 5.60 Å². The van der Waals surface area contributed by atoms with Crippen LogP contribution >= 0.6 is 11.6 Å². The largest absolute Gasteiger partial charge is 0.383 e. The van der Waals surface area contributed by atoms with E-state index in [4.69, 9.17) is 16.3 Å². The van der Waals surface area contributed by atoms with Gasteiger partial charge in [0.15, 0.2) is 0 Å². The zero-order valence-corrected chi connectivity index (χ0v) is 12.4. The van der Waals surface area contributed by atoms with Crippen LogP contribution in [0.25, 0.3) is 0 Å². The number of aromatic nitrogens is 2. The predicted octanol–water partition coefficient (Wildman–Crippen LogP) is 1.49. The second-order valence-corrected chi connectivity index (χ2v) is 5.77. The van der Waals surface area contributed by atoms with Gasteiger partial charge in [0.25, 0.3) is 0 Å². The Morgan fingerprint density at radius 2 is 2.26 bits per heavy atom. The Labute approximate surface area is 119 Å². The molecular weight excluding hydrogens is 266 g/mol. The first kappa shape index (κ1) is 14.8. The molecule has 2 heterocycles. The molecule has 6 heteroatoms. The maximum atomic E-state index is 10.9. The summed E-state index contributed by atoms with van der Waals surface area (Å²) in [7, 11) is 4.03. The van der Waals surface area contributed by atoms with Crippen LogP contribution in [0, 0.1) is 0 Å². The molecule has 0 bridgehead atoms. The lowest BCUT2D eigenvalue weighted by Gasteiger charge is -2.27. The minimum absolute atomic E-state index is 0.545. The monoisotopic (exact) mass is 287 g/mol. The normalized spacial score (nSPS) is 24.7. The fourth-order valence-corrected chi connectivity index (χ4v) is 2.78. The molecule has 108 valence electrons. The molecule has 0 spiro atoms. The molecule has 1 aliphatic rings. The van der Waals surface area contributed by atoms with E-state index in [2.05, 4.69) is 10.00 Å². The zero-order chi connectivity index (χ0) is 13.9. The minimum atomic E-state index is -0.920. The van der Waals surface area contributed by atoms with E-state index in [1.807, 2.05) is 18.8 Å². The van der Waals surface area contributed by atoms with Crippen molar-refractivity contribution in [3.8, 4) is 0 Å². The Balaban J connectivity index is 2.23. The molecule has 0 saturated carbocycles. The van der Waals surface area contributed by atoms with E-state index in [-0.39, 0.29) is 0 Å². The average molecular weight is 288 g/mol. The lowest BCUT2D eigenvalue weighted by Crippen LogP contribution is -2.31. The highest BCUT2D eigenvalue weighted by Gasteiger charge is 2.35. The van der Waals surface area contributed by atoms with Gasteiger partial charge in [0.05, 0.1) is 23.5 Å². The van der Waals surface area contributed by atoms with Crippen LogP contribution in [0.3, 0.4) is 0 Å². The van der Waals surface area contributed by atoms with Crippen molar-refractivity contribution in [3.05, 3.63) is 16.9 Å². The molecule has 0 radical (unpaired) electrons. The third-order valence-electron chi connectivity index (χ3n) is 3.53. The van der Waals surface area contributed by atoms with Gasteiger partial charge in [-0.05, 0) is 26.9 Å². The summed E-state index contributed by atoms with van der Waals surface area (Å²) < 4.78 is 7.25. The molecule has 2 rings (SSSR count). The van der Waals surface area contributed by atoms with Crippen LogP contribution < -0.4 is 0 Å². The number of aliphatic hydroxyl groups is 1. The number of ether oxygens (including phenoxy) is 1. The predicted molar refractivity (Wildman–Crippen MR) is 74.4 cm³/mol. The van der Waals surface area contributed by atoms with Gasteiger partial charge in [0, 0.05) is 26.2 Å². The second kappa shape index (κ2) is 6.22. The van der Waals surface area contributed by atoms with E-state index < -0.39 is 5.60 Å². The first-order valence-electron chi connectivity index (χ1n) is 6.69. The third kappa shape index (κ3) is 3.48. The molecule has 5 nitrogen and oxygen atoms in total. The van der Waals surface area contributed by atoms with Crippen molar-refractivity contribution >= 4 is 11.6 Å². The Bertz CT molecular complexity index is 412. The Morgan fingerprint density at radius 1 is 1.47 bits per heavy atom. The lowest BCUT2D eigenvalue weighted by atomic mass is 9.91.